The molecule has 1 aliphatic rings. The van der Waals surface area contributed by atoms with Gasteiger partial charge in [-0.1, -0.05) is 37.7 Å². The number of likely N-dealkylation sites (tertiary alicyclic amines) is 1. The fourth-order valence-electron chi connectivity index (χ4n) is 3.40. The van der Waals surface area contributed by atoms with Crippen LogP contribution in [-0.4, -0.2) is 39.2 Å². The van der Waals surface area contributed by atoms with E-state index in [1.54, 1.807) is 24.3 Å². The topological polar surface area (TPSA) is 38.1 Å². The van der Waals surface area contributed by atoms with Crippen LogP contribution >= 0.6 is 11.8 Å². The Labute approximate surface area is 144 Å². The van der Waals surface area contributed by atoms with E-state index < -0.39 is 6.55 Å². The largest absolute Gasteiger partial charge is 0.341 e. The summed E-state index contributed by atoms with van der Waals surface area (Å²) in [6, 6.07) is 6.79. The number of hydrogen-bond donors (Lipinski definition) is 0. The van der Waals surface area contributed by atoms with E-state index in [0.717, 1.165) is 35.8 Å². The summed E-state index contributed by atoms with van der Waals surface area (Å²) in [5.74, 6) is 1.09. The Morgan fingerprint density at radius 3 is 2.62 bits per heavy atom. The highest BCUT2D eigenvalue weighted by molar-refractivity contribution is 7.99. The molecule has 1 aliphatic heterocycles. The number of para-hydroxylation sites is 2. The molecule has 1 amide bonds. The smallest absolute Gasteiger partial charge is 0.321 e. The Kier molecular flexibility index (Phi) is 5.08. The average Bonchev–Trinajstić information content (AvgIpc) is 2.90. The number of halogens is 2. The molecule has 24 heavy (non-hydrogen) atoms. The number of amides is 1. The zero-order valence-corrected chi connectivity index (χ0v) is 14.6. The van der Waals surface area contributed by atoms with E-state index in [4.69, 9.17) is 0 Å². The van der Waals surface area contributed by atoms with E-state index >= 15 is 0 Å². The normalized spacial score (nSPS) is 21.6. The standard InChI is InChI=1S/C17H21F2N3OS/c1-11-7-12(2)9-21(8-11)15(23)10-24-17-20-13-5-3-4-6-14(13)22(17)16(18)19/h3-6,11-12,16H,7-10H2,1-2H3. The number of benzene rings is 1. The maximum Gasteiger partial charge on any atom is 0.321 e. The number of carbonyl (C=O) groups excluding carboxylic acids is 1. The van der Waals surface area contributed by atoms with E-state index in [-0.39, 0.29) is 16.8 Å². The first kappa shape index (κ1) is 17.2. The van der Waals surface area contributed by atoms with Gasteiger partial charge in [0.2, 0.25) is 5.91 Å². The fraction of sp³-hybridized carbons (Fsp3) is 0.529. The van der Waals surface area contributed by atoms with Gasteiger partial charge in [0, 0.05) is 13.1 Å². The van der Waals surface area contributed by atoms with Gasteiger partial charge in [0.1, 0.15) is 0 Å². The van der Waals surface area contributed by atoms with Crippen LogP contribution < -0.4 is 0 Å². The molecular formula is C17H21F2N3OS. The van der Waals surface area contributed by atoms with Gasteiger partial charge in [-0.3, -0.25) is 9.36 Å². The number of piperidine rings is 1. The lowest BCUT2D eigenvalue weighted by Gasteiger charge is -2.35. The molecule has 2 unspecified atom stereocenters. The van der Waals surface area contributed by atoms with Gasteiger partial charge in [-0.15, -0.1) is 0 Å². The van der Waals surface area contributed by atoms with Crippen LogP contribution in [0, 0.1) is 11.8 Å². The maximum absolute atomic E-state index is 13.4. The highest BCUT2D eigenvalue weighted by atomic mass is 32.2. The third-order valence-electron chi connectivity index (χ3n) is 4.30. The average molecular weight is 353 g/mol. The second-order valence-electron chi connectivity index (χ2n) is 6.56. The molecule has 0 aliphatic carbocycles. The van der Waals surface area contributed by atoms with Crippen molar-refractivity contribution in [3.8, 4) is 0 Å². The predicted octanol–water partition coefficient (Wildman–Crippen LogP) is 4.03. The highest BCUT2D eigenvalue weighted by Crippen LogP contribution is 2.30. The second kappa shape index (κ2) is 7.09. The summed E-state index contributed by atoms with van der Waals surface area (Å²) in [6.45, 7) is 3.09. The number of fused-ring (bicyclic) bond motifs is 1. The van der Waals surface area contributed by atoms with Gasteiger partial charge >= 0.3 is 6.55 Å². The van der Waals surface area contributed by atoms with Crippen molar-refractivity contribution < 1.29 is 13.6 Å². The Morgan fingerprint density at radius 1 is 1.29 bits per heavy atom. The number of nitrogens with zero attached hydrogens (tertiary/aromatic N) is 3. The van der Waals surface area contributed by atoms with Crippen LogP contribution in [0.15, 0.2) is 29.4 Å². The minimum atomic E-state index is -2.68. The van der Waals surface area contributed by atoms with Crippen LogP contribution in [0.1, 0.15) is 26.8 Å². The summed E-state index contributed by atoms with van der Waals surface area (Å²) in [7, 11) is 0. The molecule has 130 valence electrons. The Bertz CT molecular complexity index is 724. The Morgan fingerprint density at radius 2 is 1.96 bits per heavy atom. The summed E-state index contributed by atoms with van der Waals surface area (Å²) in [6.07, 6.45) is 1.12. The molecule has 2 heterocycles. The third kappa shape index (κ3) is 3.55. The van der Waals surface area contributed by atoms with Gasteiger partial charge in [0.05, 0.1) is 16.8 Å². The number of alkyl halides is 2. The van der Waals surface area contributed by atoms with Gasteiger partial charge in [-0.05, 0) is 30.4 Å². The van der Waals surface area contributed by atoms with Crippen molar-refractivity contribution in [2.75, 3.05) is 18.8 Å². The van der Waals surface area contributed by atoms with Crippen molar-refractivity contribution in [2.45, 2.75) is 32.0 Å². The van der Waals surface area contributed by atoms with Crippen molar-refractivity contribution in [1.29, 1.82) is 0 Å². The molecule has 0 N–H and O–H groups in total. The van der Waals surface area contributed by atoms with E-state index in [0.29, 0.717) is 22.9 Å². The van der Waals surface area contributed by atoms with E-state index in [9.17, 15) is 13.6 Å². The quantitative estimate of drug-likeness (QED) is 0.779. The van der Waals surface area contributed by atoms with Crippen molar-refractivity contribution in [2.24, 2.45) is 11.8 Å². The monoisotopic (exact) mass is 353 g/mol. The second-order valence-corrected chi connectivity index (χ2v) is 7.51. The molecule has 4 nitrogen and oxygen atoms in total. The van der Waals surface area contributed by atoms with Crippen LogP contribution in [0.2, 0.25) is 0 Å². The zero-order valence-electron chi connectivity index (χ0n) is 13.8. The van der Waals surface area contributed by atoms with Gasteiger partial charge in [-0.2, -0.15) is 8.78 Å². The van der Waals surface area contributed by atoms with E-state index in [1.807, 2.05) is 4.90 Å². The summed E-state index contributed by atoms with van der Waals surface area (Å²) in [4.78, 5) is 18.5. The maximum atomic E-state index is 13.4. The van der Waals surface area contributed by atoms with Crippen molar-refractivity contribution in [3.63, 3.8) is 0 Å². The number of carbonyl (C=O) groups is 1. The molecule has 0 bridgehead atoms. The minimum absolute atomic E-state index is 0.00808. The summed E-state index contributed by atoms with van der Waals surface area (Å²) < 4.78 is 27.7. The fourth-order valence-corrected chi connectivity index (χ4v) is 4.31. The van der Waals surface area contributed by atoms with Crippen LogP contribution in [0.5, 0.6) is 0 Å². The molecule has 1 saturated heterocycles. The number of hydrogen-bond acceptors (Lipinski definition) is 3. The van der Waals surface area contributed by atoms with Crippen molar-refractivity contribution in [1.82, 2.24) is 14.5 Å². The molecule has 1 aromatic heterocycles. The summed E-state index contributed by atoms with van der Waals surface area (Å²) in [5.41, 5.74) is 0.913. The lowest BCUT2D eigenvalue weighted by molar-refractivity contribution is -0.130. The van der Waals surface area contributed by atoms with E-state index in [2.05, 4.69) is 18.8 Å². The third-order valence-corrected chi connectivity index (χ3v) is 5.24. The van der Waals surface area contributed by atoms with Crippen LogP contribution in [0.25, 0.3) is 11.0 Å². The molecule has 0 saturated carbocycles. The van der Waals surface area contributed by atoms with Gasteiger partial charge in [0.25, 0.3) is 0 Å². The van der Waals surface area contributed by atoms with Crippen molar-refractivity contribution >= 4 is 28.7 Å². The van der Waals surface area contributed by atoms with Crippen molar-refractivity contribution in [3.05, 3.63) is 24.3 Å². The molecule has 2 aromatic rings. The molecule has 2 atom stereocenters. The van der Waals surface area contributed by atoms with Crippen LogP contribution in [0.3, 0.4) is 0 Å². The lowest BCUT2D eigenvalue weighted by Crippen LogP contribution is -2.43. The summed E-state index contributed by atoms with van der Waals surface area (Å²) >= 11 is 1.09. The molecule has 0 radical (unpaired) electrons. The number of rotatable bonds is 4. The number of imidazole rings is 1. The van der Waals surface area contributed by atoms with Crippen LogP contribution in [0.4, 0.5) is 8.78 Å². The first-order valence-electron chi connectivity index (χ1n) is 8.11. The minimum Gasteiger partial charge on any atom is -0.341 e. The molecule has 1 fully saturated rings. The van der Waals surface area contributed by atoms with Gasteiger partial charge < -0.3 is 4.90 Å². The molecule has 7 heteroatoms. The number of aromatic nitrogens is 2. The Balaban J connectivity index is 1.73. The molecule has 3 rings (SSSR count). The predicted molar refractivity (Wildman–Crippen MR) is 91.2 cm³/mol. The van der Waals surface area contributed by atoms with Crippen LogP contribution in [-0.2, 0) is 4.79 Å². The molecule has 0 spiro atoms. The molecule has 1 aromatic carbocycles. The SMILES string of the molecule is CC1CC(C)CN(C(=O)CSc2nc3ccccc3n2C(F)F)C1. The lowest BCUT2D eigenvalue weighted by atomic mass is 9.92. The van der Waals surface area contributed by atoms with Gasteiger partial charge in [0.15, 0.2) is 5.16 Å². The first-order chi connectivity index (χ1) is 11.5. The Hall–Kier alpha value is -1.63. The zero-order chi connectivity index (χ0) is 17.3. The molecular weight excluding hydrogens is 332 g/mol. The van der Waals surface area contributed by atoms with Gasteiger partial charge in [-0.25, -0.2) is 4.98 Å². The highest BCUT2D eigenvalue weighted by Gasteiger charge is 2.26. The number of thioether (sulfide) groups is 1. The van der Waals surface area contributed by atoms with E-state index in [1.165, 1.54) is 0 Å². The summed E-state index contributed by atoms with van der Waals surface area (Å²) in [5, 5.41) is 0.192. The first-order valence-corrected chi connectivity index (χ1v) is 9.10.